The van der Waals surface area contributed by atoms with Gasteiger partial charge in [0.15, 0.2) is 18.5 Å². The monoisotopic (exact) mass is 853 g/mol. The topological polar surface area (TPSA) is 169 Å². The number of carbonyl (C=O) groups excluding carboxylic acids is 2. The molecule has 0 saturated carbocycles. The van der Waals surface area contributed by atoms with Gasteiger partial charge in [-0.05, 0) is 64.2 Å². The highest BCUT2D eigenvalue weighted by molar-refractivity contribution is 5.73. The lowest BCUT2D eigenvalue weighted by atomic mass is 9.99. The van der Waals surface area contributed by atoms with Crippen molar-refractivity contribution >= 4 is 17.9 Å². The predicted molar refractivity (Wildman–Crippen MR) is 238 cm³/mol. The van der Waals surface area contributed by atoms with Crippen LogP contribution < -0.4 is 0 Å². The van der Waals surface area contributed by atoms with Gasteiger partial charge in [-0.25, -0.2) is 4.79 Å². The van der Waals surface area contributed by atoms with Crippen LogP contribution in [0.1, 0.15) is 219 Å². The summed E-state index contributed by atoms with van der Waals surface area (Å²) in [5.41, 5.74) is 0. The number of carbonyl (C=O) groups is 3. The Morgan fingerprint density at radius 3 is 1.30 bits per heavy atom. The molecule has 6 atom stereocenters. The van der Waals surface area contributed by atoms with Crippen molar-refractivity contribution in [3.63, 3.8) is 0 Å². The van der Waals surface area contributed by atoms with Crippen LogP contribution in [0.25, 0.3) is 0 Å². The molecular weight excluding hydrogens is 765 g/mol. The second-order valence-electron chi connectivity index (χ2n) is 16.9. The first-order valence-electron chi connectivity index (χ1n) is 24.4. The first-order valence-corrected chi connectivity index (χ1v) is 24.4. The molecule has 0 aromatic rings. The number of allylic oxidation sites excluding steroid dienone is 4. The standard InChI is InChI=1S/C49H88O11/c1-3-5-7-9-11-13-15-17-19-20-21-22-24-25-27-29-31-33-35-37-42(50)57-39-41(40-58-49-46(54)44(52)45(53)47(60-49)48(55)56)59-43(51)38-36-34-32-30-28-26-23-18-16-14-12-10-8-6-4-2/h17-19,23,41,44-47,49,52-54H,3-16,20-22,24-40H2,1-2H3,(H,55,56)/b19-17-,23-18-. The highest BCUT2D eigenvalue weighted by Crippen LogP contribution is 2.23. The van der Waals surface area contributed by atoms with Crippen LogP contribution >= 0.6 is 0 Å². The Kier molecular flexibility index (Phi) is 36.7. The maximum absolute atomic E-state index is 12.8. The number of aliphatic carboxylic acids is 1. The SMILES string of the molecule is CCCCCCCC/C=C\CCCCCCCCCCCC(=O)OCC(COC1OC(C(=O)O)C(O)C(O)C1O)OC(=O)CCCCCCC/C=C\CCCCCCCC. The summed E-state index contributed by atoms with van der Waals surface area (Å²) < 4.78 is 21.8. The van der Waals surface area contributed by atoms with Crippen molar-refractivity contribution in [2.24, 2.45) is 0 Å². The first kappa shape index (κ1) is 55.7. The van der Waals surface area contributed by atoms with Crippen LogP contribution in [0.5, 0.6) is 0 Å². The second-order valence-corrected chi connectivity index (χ2v) is 16.9. The Bertz CT molecular complexity index is 1100. The van der Waals surface area contributed by atoms with E-state index in [2.05, 4.69) is 38.2 Å². The Morgan fingerprint density at radius 2 is 0.883 bits per heavy atom. The van der Waals surface area contributed by atoms with E-state index in [0.717, 1.165) is 57.8 Å². The molecule has 1 rings (SSSR count). The molecule has 0 radical (unpaired) electrons. The molecular formula is C49H88O11. The zero-order valence-corrected chi connectivity index (χ0v) is 38.0. The number of unbranched alkanes of at least 4 members (excludes halogenated alkanes) is 26. The summed E-state index contributed by atoms with van der Waals surface area (Å²) in [6.45, 7) is 3.81. The molecule has 1 heterocycles. The van der Waals surface area contributed by atoms with Crippen LogP contribution in [0, 0.1) is 0 Å². The fraction of sp³-hybridized carbons (Fsp3) is 0.857. The minimum absolute atomic E-state index is 0.174. The van der Waals surface area contributed by atoms with Crippen LogP contribution in [-0.2, 0) is 33.3 Å². The number of aliphatic hydroxyl groups excluding tert-OH is 3. The molecule has 11 nitrogen and oxygen atoms in total. The van der Waals surface area contributed by atoms with Gasteiger partial charge in [0.25, 0.3) is 0 Å². The quantitative estimate of drug-likeness (QED) is 0.0262. The summed E-state index contributed by atoms with van der Waals surface area (Å²) in [4.78, 5) is 36.9. The lowest BCUT2D eigenvalue weighted by Crippen LogP contribution is -2.60. The van der Waals surface area contributed by atoms with E-state index in [-0.39, 0.29) is 19.4 Å². The summed E-state index contributed by atoms with van der Waals surface area (Å²) in [5.74, 6) is -2.45. The molecule has 4 N–H and O–H groups in total. The molecule has 1 fully saturated rings. The molecule has 1 aliphatic heterocycles. The molecule has 0 aromatic heterocycles. The van der Waals surface area contributed by atoms with Crippen LogP contribution in [0.4, 0.5) is 0 Å². The van der Waals surface area contributed by atoms with Crippen molar-refractivity contribution in [1.29, 1.82) is 0 Å². The highest BCUT2D eigenvalue weighted by Gasteiger charge is 2.47. The van der Waals surface area contributed by atoms with Crippen molar-refractivity contribution in [2.45, 2.75) is 256 Å². The van der Waals surface area contributed by atoms with Gasteiger partial charge < -0.3 is 39.4 Å². The molecule has 0 aromatic carbocycles. The van der Waals surface area contributed by atoms with Gasteiger partial charge in [0.1, 0.15) is 24.9 Å². The van der Waals surface area contributed by atoms with Crippen molar-refractivity contribution in [1.82, 2.24) is 0 Å². The molecule has 0 amide bonds. The van der Waals surface area contributed by atoms with Crippen molar-refractivity contribution in [2.75, 3.05) is 13.2 Å². The van der Waals surface area contributed by atoms with Crippen molar-refractivity contribution in [3.05, 3.63) is 24.3 Å². The van der Waals surface area contributed by atoms with E-state index in [4.69, 9.17) is 18.9 Å². The number of carboxylic acids is 1. The third-order valence-electron chi connectivity index (χ3n) is 11.3. The van der Waals surface area contributed by atoms with Gasteiger partial charge in [0, 0.05) is 12.8 Å². The summed E-state index contributed by atoms with van der Waals surface area (Å²) in [6.07, 6.45) is 35.1. The van der Waals surface area contributed by atoms with E-state index < -0.39 is 61.3 Å². The molecule has 0 aliphatic carbocycles. The molecule has 60 heavy (non-hydrogen) atoms. The normalized spacial score (nSPS) is 19.9. The van der Waals surface area contributed by atoms with E-state index >= 15 is 0 Å². The van der Waals surface area contributed by atoms with Crippen LogP contribution in [-0.4, -0.2) is 88.4 Å². The lowest BCUT2D eigenvalue weighted by molar-refractivity contribution is -0.298. The van der Waals surface area contributed by atoms with Crippen molar-refractivity contribution < 1.29 is 53.8 Å². The van der Waals surface area contributed by atoms with Gasteiger partial charge in [-0.3, -0.25) is 9.59 Å². The number of hydrogen-bond acceptors (Lipinski definition) is 10. The van der Waals surface area contributed by atoms with E-state index in [9.17, 15) is 34.8 Å². The summed E-state index contributed by atoms with van der Waals surface area (Å²) in [6, 6.07) is 0. The number of ether oxygens (including phenoxy) is 4. The van der Waals surface area contributed by atoms with Crippen LogP contribution in [0.2, 0.25) is 0 Å². The van der Waals surface area contributed by atoms with E-state index in [0.29, 0.717) is 12.8 Å². The molecule has 350 valence electrons. The number of rotatable bonds is 41. The number of esters is 2. The summed E-state index contributed by atoms with van der Waals surface area (Å²) >= 11 is 0. The average Bonchev–Trinajstić information content (AvgIpc) is 3.23. The number of aliphatic hydroxyl groups is 3. The number of hydrogen-bond donors (Lipinski definition) is 4. The van der Waals surface area contributed by atoms with Gasteiger partial charge in [-0.15, -0.1) is 0 Å². The van der Waals surface area contributed by atoms with Gasteiger partial charge in [-0.1, -0.05) is 167 Å². The predicted octanol–water partition coefficient (Wildman–Crippen LogP) is 11.0. The fourth-order valence-electron chi connectivity index (χ4n) is 7.40. The second kappa shape index (κ2) is 39.5. The molecule has 11 heteroatoms. The molecule has 0 bridgehead atoms. The highest BCUT2D eigenvalue weighted by atomic mass is 16.7. The smallest absolute Gasteiger partial charge is 0.335 e. The van der Waals surface area contributed by atoms with Gasteiger partial charge in [-0.2, -0.15) is 0 Å². The molecule has 1 saturated heterocycles. The Hall–Kier alpha value is -2.31. The molecule has 0 spiro atoms. The van der Waals surface area contributed by atoms with E-state index in [1.54, 1.807) is 0 Å². The third-order valence-corrected chi connectivity index (χ3v) is 11.3. The Morgan fingerprint density at radius 1 is 0.500 bits per heavy atom. The average molecular weight is 853 g/mol. The minimum Gasteiger partial charge on any atom is -0.479 e. The molecule has 6 unspecified atom stereocenters. The van der Waals surface area contributed by atoms with E-state index in [1.165, 1.54) is 122 Å². The summed E-state index contributed by atoms with van der Waals surface area (Å²) in [7, 11) is 0. The third kappa shape index (κ3) is 30.7. The van der Waals surface area contributed by atoms with Crippen molar-refractivity contribution in [3.8, 4) is 0 Å². The minimum atomic E-state index is -1.86. The maximum atomic E-state index is 12.8. The van der Waals surface area contributed by atoms with E-state index in [1.807, 2.05) is 0 Å². The van der Waals surface area contributed by atoms with Gasteiger partial charge >= 0.3 is 17.9 Å². The molecule has 1 aliphatic rings. The maximum Gasteiger partial charge on any atom is 0.335 e. The fourth-order valence-corrected chi connectivity index (χ4v) is 7.40. The zero-order chi connectivity index (χ0) is 43.9. The van der Waals surface area contributed by atoms with Crippen LogP contribution in [0.3, 0.4) is 0 Å². The summed E-state index contributed by atoms with van der Waals surface area (Å²) in [5, 5.41) is 39.9. The van der Waals surface area contributed by atoms with Gasteiger partial charge in [0.05, 0.1) is 6.61 Å². The number of carboxylic acid groups (broad SMARTS) is 1. The lowest BCUT2D eigenvalue weighted by Gasteiger charge is -2.38. The van der Waals surface area contributed by atoms with Crippen LogP contribution in [0.15, 0.2) is 24.3 Å². The zero-order valence-electron chi connectivity index (χ0n) is 38.0. The van der Waals surface area contributed by atoms with Gasteiger partial charge in [0.2, 0.25) is 0 Å². The largest absolute Gasteiger partial charge is 0.479 e. The Labute approximate surface area is 364 Å². The first-order chi connectivity index (χ1) is 29.2. The Balaban J connectivity index is 2.32.